The first-order chi connectivity index (χ1) is 8.83. The Kier molecular flexibility index (Phi) is 4.75. The fourth-order valence-corrected chi connectivity index (χ4v) is 2.33. The lowest BCUT2D eigenvalue weighted by Gasteiger charge is -2.17. The van der Waals surface area contributed by atoms with E-state index in [1.807, 2.05) is 6.07 Å². The molecule has 1 unspecified atom stereocenters. The first-order valence-electron chi connectivity index (χ1n) is 6.75. The van der Waals surface area contributed by atoms with Gasteiger partial charge in [-0.15, -0.1) is 0 Å². The molecule has 5 nitrogen and oxygen atoms in total. The maximum atomic E-state index is 8.97. The van der Waals surface area contributed by atoms with Crippen molar-refractivity contribution in [3.63, 3.8) is 0 Å². The number of hydrogen-bond acceptors (Lipinski definition) is 5. The van der Waals surface area contributed by atoms with Crippen LogP contribution >= 0.6 is 0 Å². The predicted octanol–water partition coefficient (Wildman–Crippen LogP) is 1.51. The highest BCUT2D eigenvalue weighted by Gasteiger charge is 2.23. The maximum absolute atomic E-state index is 8.97. The third-order valence-corrected chi connectivity index (χ3v) is 3.36. The highest BCUT2D eigenvalue weighted by molar-refractivity contribution is 5.49. The van der Waals surface area contributed by atoms with Gasteiger partial charge in [-0.1, -0.05) is 6.92 Å². The van der Waals surface area contributed by atoms with Crippen LogP contribution in [0.4, 0.5) is 11.6 Å². The van der Waals surface area contributed by atoms with Gasteiger partial charge in [-0.3, -0.25) is 0 Å². The van der Waals surface area contributed by atoms with Crippen molar-refractivity contribution in [3.05, 3.63) is 12.4 Å². The molecule has 0 radical (unpaired) electrons. The van der Waals surface area contributed by atoms with Crippen LogP contribution in [0.3, 0.4) is 0 Å². The van der Waals surface area contributed by atoms with E-state index in [0.717, 1.165) is 50.5 Å². The van der Waals surface area contributed by atoms with Crippen molar-refractivity contribution in [3.8, 4) is 0 Å². The molecule has 0 aliphatic carbocycles. The molecule has 2 N–H and O–H groups in total. The molecule has 18 heavy (non-hydrogen) atoms. The number of nitrogens with zero attached hydrogens (tertiary/aromatic N) is 3. The average Bonchev–Trinajstić information content (AvgIpc) is 2.86. The molecular formula is C13H22N4O. The summed E-state index contributed by atoms with van der Waals surface area (Å²) in [5.74, 6) is 2.48. The van der Waals surface area contributed by atoms with Crippen LogP contribution in [0.2, 0.25) is 0 Å². The van der Waals surface area contributed by atoms with Crippen LogP contribution in [-0.2, 0) is 0 Å². The molecule has 5 heteroatoms. The zero-order valence-corrected chi connectivity index (χ0v) is 11.0. The standard InChI is InChI=1S/C13H22N4O/c1-2-5-14-12-8-13(16-10-15-12)17-6-3-11(9-17)4-7-18/h8,10-11,18H,2-7,9H2,1H3,(H,14,15,16). The molecule has 1 aromatic heterocycles. The Labute approximate surface area is 108 Å². The smallest absolute Gasteiger partial charge is 0.134 e. The monoisotopic (exact) mass is 250 g/mol. The third kappa shape index (κ3) is 3.32. The quantitative estimate of drug-likeness (QED) is 0.801. The fourth-order valence-electron chi connectivity index (χ4n) is 2.33. The summed E-state index contributed by atoms with van der Waals surface area (Å²) in [5.41, 5.74) is 0. The van der Waals surface area contributed by atoms with E-state index in [2.05, 4.69) is 27.1 Å². The molecule has 0 saturated carbocycles. The summed E-state index contributed by atoms with van der Waals surface area (Å²) in [7, 11) is 0. The van der Waals surface area contributed by atoms with Gasteiger partial charge in [0.1, 0.15) is 18.0 Å². The lowest BCUT2D eigenvalue weighted by Crippen LogP contribution is -2.21. The zero-order chi connectivity index (χ0) is 12.8. The van der Waals surface area contributed by atoms with E-state index >= 15 is 0 Å². The van der Waals surface area contributed by atoms with E-state index in [-0.39, 0.29) is 6.61 Å². The maximum Gasteiger partial charge on any atom is 0.134 e. The molecule has 2 heterocycles. The number of hydrogen-bond donors (Lipinski definition) is 2. The summed E-state index contributed by atoms with van der Waals surface area (Å²) in [4.78, 5) is 10.8. The molecule has 1 saturated heterocycles. The van der Waals surface area contributed by atoms with E-state index in [1.165, 1.54) is 0 Å². The summed E-state index contributed by atoms with van der Waals surface area (Å²) in [6.07, 6.45) is 4.74. The minimum atomic E-state index is 0.283. The topological polar surface area (TPSA) is 61.3 Å². The number of aliphatic hydroxyl groups excluding tert-OH is 1. The number of aromatic nitrogens is 2. The Morgan fingerprint density at radius 1 is 1.50 bits per heavy atom. The van der Waals surface area contributed by atoms with Crippen molar-refractivity contribution in [1.29, 1.82) is 0 Å². The van der Waals surface area contributed by atoms with Gasteiger partial charge >= 0.3 is 0 Å². The van der Waals surface area contributed by atoms with Gasteiger partial charge in [-0.05, 0) is 25.2 Å². The summed E-state index contributed by atoms with van der Waals surface area (Å²) >= 11 is 0. The van der Waals surface area contributed by atoms with Crippen molar-refractivity contribution in [1.82, 2.24) is 9.97 Å². The van der Waals surface area contributed by atoms with E-state index < -0.39 is 0 Å². The van der Waals surface area contributed by atoms with Gasteiger partial charge in [0.25, 0.3) is 0 Å². The molecule has 0 bridgehead atoms. The lowest BCUT2D eigenvalue weighted by atomic mass is 10.1. The van der Waals surface area contributed by atoms with Crippen LogP contribution < -0.4 is 10.2 Å². The molecule has 1 aliphatic rings. The van der Waals surface area contributed by atoms with Gasteiger partial charge < -0.3 is 15.3 Å². The molecular weight excluding hydrogens is 228 g/mol. The summed E-state index contributed by atoms with van der Waals surface area (Å²) in [6, 6.07) is 2.01. The number of nitrogens with one attached hydrogen (secondary N) is 1. The molecule has 1 fully saturated rings. The molecule has 2 rings (SSSR count). The van der Waals surface area contributed by atoms with Crippen LogP contribution in [-0.4, -0.2) is 41.3 Å². The van der Waals surface area contributed by atoms with Crippen molar-refractivity contribution in [2.45, 2.75) is 26.2 Å². The third-order valence-electron chi connectivity index (χ3n) is 3.36. The van der Waals surface area contributed by atoms with E-state index in [9.17, 15) is 0 Å². The Morgan fingerprint density at radius 2 is 2.39 bits per heavy atom. The molecule has 100 valence electrons. The SMILES string of the molecule is CCCNc1cc(N2CCC(CCO)C2)ncn1. The molecule has 0 amide bonds. The lowest BCUT2D eigenvalue weighted by molar-refractivity contribution is 0.263. The number of rotatable bonds is 6. The summed E-state index contributed by atoms with van der Waals surface area (Å²) in [5, 5.41) is 12.2. The second kappa shape index (κ2) is 6.54. The van der Waals surface area contributed by atoms with Gasteiger partial charge in [-0.2, -0.15) is 0 Å². The second-order valence-corrected chi connectivity index (χ2v) is 4.80. The van der Waals surface area contributed by atoms with Crippen LogP contribution in [0.1, 0.15) is 26.2 Å². The van der Waals surface area contributed by atoms with Crippen LogP contribution in [0.15, 0.2) is 12.4 Å². The van der Waals surface area contributed by atoms with Crippen molar-refractivity contribution in [2.75, 3.05) is 36.5 Å². The van der Waals surface area contributed by atoms with E-state index in [0.29, 0.717) is 5.92 Å². The average molecular weight is 250 g/mol. The first kappa shape index (κ1) is 13.1. The van der Waals surface area contributed by atoms with Gasteiger partial charge in [0.15, 0.2) is 0 Å². The predicted molar refractivity (Wildman–Crippen MR) is 72.8 cm³/mol. The Morgan fingerprint density at radius 3 is 3.17 bits per heavy atom. The largest absolute Gasteiger partial charge is 0.396 e. The van der Waals surface area contributed by atoms with Gasteiger partial charge in [0.05, 0.1) is 0 Å². The number of aliphatic hydroxyl groups is 1. The van der Waals surface area contributed by atoms with Crippen molar-refractivity contribution >= 4 is 11.6 Å². The van der Waals surface area contributed by atoms with E-state index in [1.54, 1.807) is 6.33 Å². The minimum Gasteiger partial charge on any atom is -0.396 e. The second-order valence-electron chi connectivity index (χ2n) is 4.80. The Bertz CT molecular complexity index is 372. The van der Waals surface area contributed by atoms with Crippen molar-refractivity contribution < 1.29 is 5.11 Å². The highest BCUT2D eigenvalue weighted by Crippen LogP contribution is 2.24. The molecule has 0 spiro atoms. The Balaban J connectivity index is 1.96. The van der Waals surface area contributed by atoms with Gasteiger partial charge in [-0.25, -0.2) is 9.97 Å². The summed E-state index contributed by atoms with van der Waals surface area (Å²) < 4.78 is 0. The molecule has 0 aromatic carbocycles. The Hall–Kier alpha value is -1.36. The molecule has 1 atom stereocenters. The molecule has 1 aliphatic heterocycles. The van der Waals surface area contributed by atoms with E-state index in [4.69, 9.17) is 5.11 Å². The summed E-state index contributed by atoms with van der Waals surface area (Å²) in [6.45, 7) is 5.37. The first-order valence-corrected chi connectivity index (χ1v) is 6.75. The van der Waals surface area contributed by atoms with Gasteiger partial charge in [0, 0.05) is 32.3 Å². The van der Waals surface area contributed by atoms with Crippen LogP contribution in [0.5, 0.6) is 0 Å². The zero-order valence-electron chi connectivity index (χ0n) is 11.0. The highest BCUT2D eigenvalue weighted by atomic mass is 16.3. The normalized spacial score (nSPS) is 19.2. The van der Waals surface area contributed by atoms with Crippen molar-refractivity contribution in [2.24, 2.45) is 5.92 Å². The molecule has 1 aromatic rings. The van der Waals surface area contributed by atoms with Gasteiger partial charge in [0.2, 0.25) is 0 Å². The van der Waals surface area contributed by atoms with Crippen LogP contribution in [0, 0.1) is 5.92 Å². The number of anilines is 2. The van der Waals surface area contributed by atoms with Crippen LogP contribution in [0.25, 0.3) is 0 Å². The fraction of sp³-hybridized carbons (Fsp3) is 0.692. The minimum absolute atomic E-state index is 0.283.